The van der Waals surface area contributed by atoms with Gasteiger partial charge in [-0.1, -0.05) is 25.1 Å². The molecular weight excluding hydrogens is 252 g/mol. The van der Waals surface area contributed by atoms with Gasteiger partial charge in [0.2, 0.25) is 5.91 Å². The monoisotopic (exact) mass is 274 g/mol. The second-order valence-corrected chi connectivity index (χ2v) is 5.09. The molecule has 0 aliphatic carbocycles. The van der Waals surface area contributed by atoms with Gasteiger partial charge in [0.05, 0.1) is 13.0 Å². The van der Waals surface area contributed by atoms with Gasteiger partial charge >= 0.3 is 0 Å². The van der Waals surface area contributed by atoms with E-state index < -0.39 is 0 Å². The summed E-state index contributed by atoms with van der Waals surface area (Å²) >= 11 is 0. The average Bonchev–Trinajstić information content (AvgIpc) is 2.83. The van der Waals surface area contributed by atoms with E-state index in [9.17, 15) is 4.79 Å². The van der Waals surface area contributed by atoms with Crippen molar-refractivity contribution in [1.82, 2.24) is 9.88 Å². The first-order valence-electron chi connectivity index (χ1n) is 7.11. The molecule has 2 rings (SSSR count). The van der Waals surface area contributed by atoms with Crippen LogP contribution in [0, 0.1) is 6.92 Å². The maximum Gasteiger partial charge on any atom is 0.227 e. The Hall–Kier alpha value is -1.81. The van der Waals surface area contributed by atoms with Crippen LogP contribution in [-0.2, 0) is 11.2 Å². The molecule has 0 spiro atoms. The Morgan fingerprint density at radius 2 is 2.15 bits per heavy atom. The van der Waals surface area contributed by atoms with E-state index in [1.165, 1.54) is 5.56 Å². The number of aromatic amines is 1. The Morgan fingerprint density at radius 3 is 2.85 bits per heavy atom. The van der Waals surface area contributed by atoms with Crippen LogP contribution in [0.1, 0.15) is 24.5 Å². The molecule has 0 atom stereocenters. The molecule has 20 heavy (non-hydrogen) atoms. The van der Waals surface area contributed by atoms with Crippen molar-refractivity contribution in [3.63, 3.8) is 0 Å². The van der Waals surface area contributed by atoms with Crippen molar-refractivity contribution >= 4 is 16.8 Å². The van der Waals surface area contributed by atoms with E-state index in [0.717, 1.165) is 22.9 Å². The molecule has 4 nitrogen and oxygen atoms in total. The minimum Gasteiger partial charge on any atom is -0.395 e. The van der Waals surface area contributed by atoms with Gasteiger partial charge in [-0.15, -0.1) is 0 Å². The highest BCUT2D eigenvalue weighted by Crippen LogP contribution is 2.22. The van der Waals surface area contributed by atoms with Crippen LogP contribution in [0.15, 0.2) is 24.4 Å². The van der Waals surface area contributed by atoms with Crippen molar-refractivity contribution in [2.45, 2.75) is 26.7 Å². The molecule has 0 aliphatic heterocycles. The molecule has 1 aromatic heterocycles. The van der Waals surface area contributed by atoms with Crippen LogP contribution < -0.4 is 0 Å². The molecule has 0 fully saturated rings. The quantitative estimate of drug-likeness (QED) is 0.849. The molecule has 0 aliphatic rings. The summed E-state index contributed by atoms with van der Waals surface area (Å²) in [6, 6.07) is 6.11. The van der Waals surface area contributed by atoms with E-state index in [0.29, 0.717) is 19.5 Å². The fourth-order valence-electron chi connectivity index (χ4n) is 2.54. The summed E-state index contributed by atoms with van der Waals surface area (Å²) in [5, 5.41) is 10.2. The molecule has 1 aromatic carbocycles. The predicted molar refractivity (Wildman–Crippen MR) is 80.7 cm³/mol. The van der Waals surface area contributed by atoms with Crippen LogP contribution in [0.3, 0.4) is 0 Å². The Morgan fingerprint density at radius 1 is 1.35 bits per heavy atom. The van der Waals surface area contributed by atoms with E-state index in [1.807, 2.05) is 25.3 Å². The van der Waals surface area contributed by atoms with Gasteiger partial charge in [0.25, 0.3) is 0 Å². The van der Waals surface area contributed by atoms with Crippen LogP contribution in [0.25, 0.3) is 10.9 Å². The normalized spacial score (nSPS) is 10.9. The minimum atomic E-state index is 0.0126. The number of carbonyl (C=O) groups excluding carboxylic acids is 1. The highest BCUT2D eigenvalue weighted by Gasteiger charge is 2.15. The third-order valence-electron chi connectivity index (χ3n) is 3.57. The number of aromatic nitrogens is 1. The molecule has 0 unspecified atom stereocenters. The molecule has 108 valence electrons. The van der Waals surface area contributed by atoms with Crippen molar-refractivity contribution in [2.24, 2.45) is 0 Å². The van der Waals surface area contributed by atoms with Crippen LogP contribution >= 0.6 is 0 Å². The second kappa shape index (κ2) is 6.57. The molecule has 0 bridgehead atoms. The van der Waals surface area contributed by atoms with Crippen LogP contribution in [-0.4, -0.2) is 40.6 Å². The molecule has 2 N–H and O–H groups in total. The van der Waals surface area contributed by atoms with E-state index >= 15 is 0 Å². The van der Waals surface area contributed by atoms with E-state index in [2.05, 4.69) is 18.0 Å². The Balaban J connectivity index is 2.19. The molecule has 1 amide bonds. The van der Waals surface area contributed by atoms with E-state index in [1.54, 1.807) is 4.90 Å². The molecule has 2 aromatic rings. The number of hydrogen-bond acceptors (Lipinski definition) is 2. The fourth-order valence-corrected chi connectivity index (χ4v) is 2.54. The Bertz CT molecular complexity index is 583. The topological polar surface area (TPSA) is 56.3 Å². The van der Waals surface area contributed by atoms with Crippen LogP contribution in [0.5, 0.6) is 0 Å². The minimum absolute atomic E-state index is 0.0126. The molecule has 4 heteroatoms. The second-order valence-electron chi connectivity index (χ2n) is 5.09. The number of rotatable bonds is 6. The summed E-state index contributed by atoms with van der Waals surface area (Å²) in [6.07, 6.45) is 3.20. The fraction of sp³-hybridized carbons (Fsp3) is 0.438. The number of aliphatic hydroxyl groups excluding tert-OH is 1. The SMILES string of the molecule is CCCN(CCO)C(=O)Cc1c[nH]c2c(C)cccc12. The highest BCUT2D eigenvalue weighted by atomic mass is 16.3. The number of H-pyrrole nitrogens is 1. The summed E-state index contributed by atoms with van der Waals surface area (Å²) in [5.74, 6) is 0.0725. The van der Waals surface area contributed by atoms with Crippen molar-refractivity contribution in [2.75, 3.05) is 19.7 Å². The summed E-state index contributed by atoms with van der Waals surface area (Å²) in [4.78, 5) is 17.3. The lowest BCUT2D eigenvalue weighted by molar-refractivity contribution is -0.131. The number of nitrogens with zero attached hydrogens (tertiary/aromatic N) is 1. The van der Waals surface area contributed by atoms with Crippen molar-refractivity contribution in [3.8, 4) is 0 Å². The average molecular weight is 274 g/mol. The summed E-state index contributed by atoms with van der Waals surface area (Å²) in [5.41, 5.74) is 3.30. The van der Waals surface area contributed by atoms with Crippen molar-refractivity contribution in [3.05, 3.63) is 35.5 Å². The molecule has 0 saturated carbocycles. The largest absolute Gasteiger partial charge is 0.395 e. The van der Waals surface area contributed by atoms with Gasteiger partial charge in [0.15, 0.2) is 0 Å². The lowest BCUT2D eigenvalue weighted by atomic mass is 10.1. The van der Waals surface area contributed by atoms with Gasteiger partial charge in [-0.25, -0.2) is 0 Å². The Kier molecular flexibility index (Phi) is 4.79. The number of carbonyl (C=O) groups is 1. The number of para-hydroxylation sites is 1. The standard InChI is InChI=1S/C16H22N2O2/c1-3-7-18(8-9-19)15(20)10-13-11-17-16-12(2)5-4-6-14(13)16/h4-6,11,17,19H,3,7-10H2,1-2H3. The summed E-state index contributed by atoms with van der Waals surface area (Å²) < 4.78 is 0. The number of fused-ring (bicyclic) bond motifs is 1. The highest BCUT2D eigenvalue weighted by molar-refractivity contribution is 5.90. The number of aliphatic hydroxyl groups is 1. The van der Waals surface area contributed by atoms with E-state index in [-0.39, 0.29) is 12.5 Å². The number of hydrogen-bond donors (Lipinski definition) is 2. The number of amides is 1. The van der Waals surface area contributed by atoms with Crippen molar-refractivity contribution < 1.29 is 9.90 Å². The lowest BCUT2D eigenvalue weighted by Gasteiger charge is -2.20. The number of nitrogens with one attached hydrogen (secondary N) is 1. The third-order valence-corrected chi connectivity index (χ3v) is 3.57. The molecule has 1 heterocycles. The summed E-state index contributed by atoms with van der Waals surface area (Å²) in [6.45, 7) is 5.21. The van der Waals surface area contributed by atoms with Gasteiger partial charge in [0, 0.05) is 30.2 Å². The molecular formula is C16H22N2O2. The van der Waals surface area contributed by atoms with Crippen LogP contribution in [0.2, 0.25) is 0 Å². The zero-order valence-electron chi connectivity index (χ0n) is 12.1. The first-order chi connectivity index (χ1) is 9.67. The van der Waals surface area contributed by atoms with Gasteiger partial charge in [0.1, 0.15) is 0 Å². The van der Waals surface area contributed by atoms with E-state index in [4.69, 9.17) is 5.11 Å². The lowest BCUT2D eigenvalue weighted by Crippen LogP contribution is -2.35. The number of aryl methyl sites for hydroxylation is 1. The smallest absolute Gasteiger partial charge is 0.227 e. The number of benzene rings is 1. The van der Waals surface area contributed by atoms with Gasteiger partial charge in [-0.05, 0) is 24.5 Å². The zero-order chi connectivity index (χ0) is 14.5. The third kappa shape index (κ3) is 3.02. The summed E-state index contributed by atoms with van der Waals surface area (Å²) in [7, 11) is 0. The van der Waals surface area contributed by atoms with Gasteiger partial charge < -0.3 is 15.0 Å². The zero-order valence-corrected chi connectivity index (χ0v) is 12.1. The molecule has 0 saturated heterocycles. The maximum absolute atomic E-state index is 12.3. The van der Waals surface area contributed by atoms with Gasteiger partial charge in [-0.2, -0.15) is 0 Å². The predicted octanol–water partition coefficient (Wildman–Crippen LogP) is 2.25. The molecule has 0 radical (unpaired) electrons. The maximum atomic E-state index is 12.3. The van der Waals surface area contributed by atoms with Gasteiger partial charge in [-0.3, -0.25) is 4.79 Å². The Labute approximate surface area is 119 Å². The first kappa shape index (κ1) is 14.6. The van der Waals surface area contributed by atoms with Crippen molar-refractivity contribution in [1.29, 1.82) is 0 Å². The van der Waals surface area contributed by atoms with Crippen LogP contribution in [0.4, 0.5) is 0 Å². The first-order valence-corrected chi connectivity index (χ1v) is 7.11.